The molecule has 0 aliphatic rings. The lowest BCUT2D eigenvalue weighted by Gasteiger charge is -2.28. The van der Waals surface area contributed by atoms with E-state index in [-0.39, 0.29) is 31.6 Å². The van der Waals surface area contributed by atoms with Gasteiger partial charge in [0.05, 0.1) is 32.0 Å². The van der Waals surface area contributed by atoms with Crippen LogP contribution in [0.2, 0.25) is 0 Å². The summed E-state index contributed by atoms with van der Waals surface area (Å²) in [5.74, 6) is -14.8. The highest BCUT2D eigenvalue weighted by molar-refractivity contribution is 7.98. The predicted molar refractivity (Wildman–Crippen MR) is 234 cm³/mol. The maximum Gasteiger partial charge on any atom is 0.326 e. The Morgan fingerprint density at radius 1 is 0.545 bits per heavy atom. The monoisotopic (exact) mass is 962 g/mol. The van der Waals surface area contributed by atoms with Gasteiger partial charge in [-0.3, -0.25) is 52.7 Å². The van der Waals surface area contributed by atoms with Gasteiger partial charge in [-0.2, -0.15) is 11.8 Å². The topological polar surface area (TPSA) is 434 Å². The minimum absolute atomic E-state index is 0.0353. The molecule has 0 aliphatic carbocycles. The van der Waals surface area contributed by atoms with Gasteiger partial charge in [0.25, 0.3) is 0 Å². The van der Waals surface area contributed by atoms with Crippen molar-refractivity contribution in [1.29, 1.82) is 0 Å². The predicted octanol–water partition coefficient (Wildman–Crippen LogP) is -4.77. The van der Waals surface area contributed by atoms with Crippen LogP contribution < -0.4 is 54.0 Å². The van der Waals surface area contributed by atoms with Crippen LogP contribution in [0.25, 0.3) is 0 Å². The smallest absolute Gasteiger partial charge is 0.326 e. The fourth-order valence-corrected chi connectivity index (χ4v) is 6.25. The molecule has 66 heavy (non-hydrogen) atoms. The molecule has 26 nitrogen and oxygen atoms in total. The Morgan fingerprint density at radius 2 is 1.00 bits per heavy atom. The van der Waals surface area contributed by atoms with E-state index in [2.05, 4.69) is 42.5 Å². The molecule has 0 aromatic heterocycles. The van der Waals surface area contributed by atoms with Crippen molar-refractivity contribution in [3.63, 3.8) is 0 Å². The molecule has 0 fully saturated rings. The molecule has 0 aliphatic heterocycles. The van der Waals surface area contributed by atoms with Gasteiger partial charge in [-0.05, 0) is 49.0 Å². The second-order valence-electron chi connectivity index (χ2n) is 16.3. The first-order valence-electron chi connectivity index (χ1n) is 20.8. The number of aliphatic hydroxyl groups is 1. The van der Waals surface area contributed by atoms with Crippen LogP contribution in [0.15, 0.2) is 0 Å². The fourth-order valence-electron chi connectivity index (χ4n) is 5.78. The molecule has 0 unspecified atom stereocenters. The van der Waals surface area contributed by atoms with E-state index in [4.69, 9.17) is 11.5 Å². The number of nitrogens with two attached hydrogens (primary N) is 2. The highest BCUT2D eigenvalue weighted by Gasteiger charge is 2.36. The average molecular weight is 963 g/mol. The molecule has 9 amide bonds. The summed E-state index contributed by atoms with van der Waals surface area (Å²) in [5.41, 5.74) is 10.8. The van der Waals surface area contributed by atoms with Gasteiger partial charge in [-0.25, -0.2) is 4.79 Å². The number of aliphatic hydroxyl groups excluding tert-OH is 1. The van der Waals surface area contributed by atoms with Crippen LogP contribution in [0, 0.1) is 17.8 Å². The normalized spacial score (nSPS) is 14.7. The van der Waals surface area contributed by atoms with Gasteiger partial charge in [-0.15, -0.1) is 0 Å². The van der Waals surface area contributed by atoms with Crippen LogP contribution in [-0.2, 0) is 57.5 Å². The minimum atomic E-state index is -1.98. The lowest BCUT2D eigenvalue weighted by molar-refractivity contribution is -0.144. The molecule has 0 bridgehead atoms. The maximum absolute atomic E-state index is 13.6. The Balaban J connectivity index is 6.13. The first-order chi connectivity index (χ1) is 30.6. The standard InChI is InChI=1S/C39H66N10O16S/c1-17(2)12-22(44-37(62)25(16-50)47-32(57)20(40)8-9-26(41)51)36(61)48-30(18(3)4)38(63)46-24(14-29(55)56)35(60)45-23(13-28(53)54)33(58)42-15-27(52)43-21(10-11-66-7)34(59)49-31(19(5)6)39(64)65/h17-25,30-31,50H,8-16,40H2,1-7H3,(H2,41,51)(H,42,58)(H,43,52)(H,44,62)(H,45,60)(H,46,63)(H,47,57)(H,48,61)(H,49,59)(H,53,54)(H,55,56)(H,64,65)/t20-,21-,22-,23-,24-,25-,30-,31-/m0/s1. The zero-order valence-corrected chi connectivity index (χ0v) is 38.8. The van der Waals surface area contributed by atoms with E-state index in [1.807, 2.05) is 0 Å². The van der Waals surface area contributed by atoms with Gasteiger partial charge in [0, 0.05) is 6.42 Å². The van der Waals surface area contributed by atoms with Gasteiger partial charge < -0.3 is 74.4 Å². The van der Waals surface area contributed by atoms with Crippen molar-refractivity contribution in [3.8, 4) is 0 Å². The van der Waals surface area contributed by atoms with Crippen molar-refractivity contribution in [2.45, 2.75) is 128 Å². The summed E-state index contributed by atoms with van der Waals surface area (Å²) in [4.78, 5) is 151. The number of carbonyl (C=O) groups is 12. The summed E-state index contributed by atoms with van der Waals surface area (Å²) in [5, 5.41) is 56.5. The van der Waals surface area contributed by atoms with Crippen molar-refractivity contribution in [2.75, 3.05) is 25.2 Å². The van der Waals surface area contributed by atoms with E-state index in [9.17, 15) is 78.0 Å². The third kappa shape index (κ3) is 23.2. The van der Waals surface area contributed by atoms with Crippen LogP contribution in [0.3, 0.4) is 0 Å². The summed E-state index contributed by atoms with van der Waals surface area (Å²) in [6.07, 6.45) is -0.837. The molecule has 0 spiro atoms. The van der Waals surface area contributed by atoms with Crippen molar-refractivity contribution >= 4 is 82.8 Å². The van der Waals surface area contributed by atoms with Gasteiger partial charge in [-0.1, -0.05) is 41.5 Å². The second kappa shape index (κ2) is 30.2. The fraction of sp³-hybridized carbons (Fsp3) is 0.692. The summed E-state index contributed by atoms with van der Waals surface area (Å²) >= 11 is 1.33. The number of thioether (sulfide) groups is 1. The summed E-state index contributed by atoms with van der Waals surface area (Å²) in [7, 11) is 0. The largest absolute Gasteiger partial charge is 0.481 e. The molecule has 16 N–H and O–H groups in total. The van der Waals surface area contributed by atoms with E-state index in [0.717, 1.165) is 0 Å². The number of hydrogen-bond donors (Lipinski definition) is 14. The summed E-state index contributed by atoms with van der Waals surface area (Å²) < 4.78 is 0. The van der Waals surface area contributed by atoms with Gasteiger partial charge >= 0.3 is 17.9 Å². The molecular formula is C39H66N10O16S. The van der Waals surface area contributed by atoms with Crippen LogP contribution in [0.5, 0.6) is 0 Å². The Kier molecular flexibility index (Phi) is 27.4. The highest BCUT2D eigenvalue weighted by Crippen LogP contribution is 2.11. The highest BCUT2D eigenvalue weighted by atomic mass is 32.2. The Labute approximate surface area is 385 Å². The van der Waals surface area contributed by atoms with E-state index >= 15 is 0 Å². The first-order valence-corrected chi connectivity index (χ1v) is 22.2. The quantitative estimate of drug-likeness (QED) is 0.0301. The molecule has 0 saturated carbocycles. The third-order valence-electron chi connectivity index (χ3n) is 9.38. The van der Waals surface area contributed by atoms with Crippen molar-refractivity contribution in [2.24, 2.45) is 29.2 Å². The number of primary amides is 1. The van der Waals surface area contributed by atoms with E-state index in [1.165, 1.54) is 25.6 Å². The number of carboxylic acids is 3. The van der Waals surface area contributed by atoms with Gasteiger partial charge in [0.1, 0.15) is 42.3 Å². The van der Waals surface area contributed by atoms with Crippen LogP contribution in [-0.4, -0.2) is 165 Å². The van der Waals surface area contributed by atoms with Crippen LogP contribution in [0.4, 0.5) is 0 Å². The zero-order chi connectivity index (χ0) is 51.0. The molecule has 0 saturated heterocycles. The number of amides is 9. The van der Waals surface area contributed by atoms with Gasteiger partial charge in [0.15, 0.2) is 0 Å². The van der Waals surface area contributed by atoms with E-state index in [0.29, 0.717) is 5.75 Å². The third-order valence-corrected chi connectivity index (χ3v) is 10.0. The molecule has 0 rings (SSSR count). The number of hydrogen-bond acceptors (Lipinski definition) is 15. The minimum Gasteiger partial charge on any atom is -0.481 e. The van der Waals surface area contributed by atoms with Crippen LogP contribution in [0.1, 0.15) is 80.1 Å². The molecule has 0 aromatic rings. The zero-order valence-electron chi connectivity index (χ0n) is 38.0. The lowest BCUT2D eigenvalue weighted by Crippen LogP contribution is -2.61. The number of aliphatic carboxylic acids is 3. The Morgan fingerprint density at radius 3 is 1.47 bits per heavy atom. The van der Waals surface area contributed by atoms with Crippen molar-refractivity contribution < 1.29 is 78.0 Å². The average Bonchev–Trinajstić information content (AvgIpc) is 3.21. The molecule has 8 atom stereocenters. The number of carbonyl (C=O) groups excluding carboxylic acids is 9. The Bertz CT molecular complexity index is 1750. The molecule has 0 radical (unpaired) electrons. The van der Waals surface area contributed by atoms with Crippen molar-refractivity contribution in [1.82, 2.24) is 42.5 Å². The number of carboxylic acid groups (broad SMARTS) is 3. The van der Waals surface area contributed by atoms with Gasteiger partial charge in [0.2, 0.25) is 53.2 Å². The van der Waals surface area contributed by atoms with Crippen molar-refractivity contribution in [3.05, 3.63) is 0 Å². The molecular weight excluding hydrogens is 897 g/mol. The molecule has 0 heterocycles. The number of rotatable bonds is 32. The summed E-state index contributed by atoms with van der Waals surface area (Å²) in [6.45, 7) is 7.69. The second-order valence-corrected chi connectivity index (χ2v) is 17.3. The first kappa shape index (κ1) is 59.9. The molecule has 0 aromatic carbocycles. The van der Waals surface area contributed by atoms with E-state index in [1.54, 1.807) is 34.0 Å². The number of nitrogens with one attached hydrogen (secondary N) is 8. The SMILES string of the molecule is CSCC[C@H](NC(=O)CNC(=O)[C@H](CC(=O)O)NC(=O)[C@H](CC(=O)O)NC(=O)[C@@H](NC(=O)[C@H](CC(C)C)NC(=O)[C@H](CO)NC(=O)[C@@H](N)CCC(N)=O)C(C)C)C(=O)N[C@H](C(=O)O)C(C)C. The maximum atomic E-state index is 13.6. The molecule has 27 heteroatoms. The molecule has 374 valence electrons. The van der Waals surface area contributed by atoms with E-state index < -0.39 is 157 Å². The lowest BCUT2D eigenvalue weighted by atomic mass is 9.99. The van der Waals surface area contributed by atoms with Crippen LogP contribution >= 0.6 is 11.8 Å². The summed E-state index contributed by atoms with van der Waals surface area (Å²) in [6, 6.07) is -12.2. The Hall–Kier alpha value is -6.09.